The zero-order chi connectivity index (χ0) is 16.0. The molecule has 0 bridgehead atoms. The number of nitro groups is 1. The third-order valence-electron chi connectivity index (χ3n) is 2.62. The Hall–Kier alpha value is -2.58. The molecular weight excluding hydrogens is 288 g/mol. The first-order valence-electron chi connectivity index (χ1n) is 6.03. The summed E-state index contributed by atoms with van der Waals surface area (Å²) in [7, 11) is 0. The third kappa shape index (κ3) is 4.79. The zero-order valence-corrected chi connectivity index (χ0v) is 10.9. The number of halogens is 2. The van der Waals surface area contributed by atoms with E-state index in [0.717, 1.165) is 0 Å². The van der Waals surface area contributed by atoms with Crippen LogP contribution in [0.3, 0.4) is 0 Å². The summed E-state index contributed by atoms with van der Waals surface area (Å²) < 4.78 is 26.0. The first kappa shape index (κ1) is 16.5. The van der Waals surface area contributed by atoms with Crippen molar-refractivity contribution in [3.05, 3.63) is 39.4 Å². The standard InChI is InChI=1S/C12H13F2N3O4/c13-8-5-7(10(17(20)21)6-9(8)14)12(19)16-4-2-1-3-11(15)18/h5-6H,1-4H2,(H2,15,18)(H,16,19). The number of hydrogen-bond acceptors (Lipinski definition) is 4. The van der Waals surface area contributed by atoms with Gasteiger partial charge in [-0.1, -0.05) is 0 Å². The van der Waals surface area contributed by atoms with E-state index in [1.807, 2.05) is 0 Å². The number of nitro benzene ring substituents is 1. The smallest absolute Gasteiger partial charge is 0.285 e. The van der Waals surface area contributed by atoms with E-state index in [0.29, 0.717) is 25.0 Å². The van der Waals surface area contributed by atoms with Crippen LogP contribution in [0.2, 0.25) is 0 Å². The fourth-order valence-corrected chi connectivity index (χ4v) is 1.59. The van der Waals surface area contributed by atoms with Gasteiger partial charge in [-0.05, 0) is 18.9 Å². The monoisotopic (exact) mass is 301 g/mol. The molecule has 1 aromatic carbocycles. The molecule has 0 radical (unpaired) electrons. The number of amides is 2. The number of benzene rings is 1. The first-order valence-corrected chi connectivity index (χ1v) is 6.03. The van der Waals surface area contributed by atoms with Gasteiger partial charge in [-0.3, -0.25) is 19.7 Å². The van der Waals surface area contributed by atoms with Crippen LogP contribution in [0.1, 0.15) is 29.6 Å². The third-order valence-corrected chi connectivity index (χ3v) is 2.62. The second-order valence-electron chi connectivity index (χ2n) is 4.22. The summed E-state index contributed by atoms with van der Waals surface area (Å²) in [6.07, 6.45) is 1.02. The molecule has 0 aliphatic heterocycles. The Morgan fingerprint density at radius 2 is 1.86 bits per heavy atom. The maximum atomic E-state index is 13.1. The fourth-order valence-electron chi connectivity index (χ4n) is 1.59. The van der Waals surface area contributed by atoms with Gasteiger partial charge in [-0.15, -0.1) is 0 Å². The maximum Gasteiger partial charge on any atom is 0.285 e. The number of nitrogens with two attached hydrogens (primary N) is 1. The fraction of sp³-hybridized carbons (Fsp3) is 0.333. The van der Waals surface area contributed by atoms with Crippen molar-refractivity contribution in [1.82, 2.24) is 5.32 Å². The predicted molar refractivity (Wildman–Crippen MR) is 68.4 cm³/mol. The van der Waals surface area contributed by atoms with Gasteiger partial charge in [0.05, 0.1) is 11.0 Å². The van der Waals surface area contributed by atoms with Crippen LogP contribution in [0, 0.1) is 21.7 Å². The quantitative estimate of drug-likeness (QED) is 0.448. The van der Waals surface area contributed by atoms with Crippen LogP contribution < -0.4 is 11.1 Å². The minimum Gasteiger partial charge on any atom is -0.370 e. The van der Waals surface area contributed by atoms with Crippen LogP contribution >= 0.6 is 0 Å². The summed E-state index contributed by atoms with van der Waals surface area (Å²) in [6.45, 7) is 0.127. The normalized spacial score (nSPS) is 10.2. The van der Waals surface area contributed by atoms with Gasteiger partial charge in [0.2, 0.25) is 5.91 Å². The molecule has 0 aromatic heterocycles. The molecule has 114 valence electrons. The van der Waals surface area contributed by atoms with E-state index in [9.17, 15) is 28.5 Å². The van der Waals surface area contributed by atoms with Crippen LogP contribution in [-0.2, 0) is 4.79 Å². The predicted octanol–water partition coefficient (Wildman–Crippen LogP) is 1.26. The minimum absolute atomic E-state index is 0.127. The average molecular weight is 301 g/mol. The summed E-state index contributed by atoms with van der Waals surface area (Å²) in [6, 6.07) is 0.837. The molecule has 0 heterocycles. The largest absolute Gasteiger partial charge is 0.370 e. The van der Waals surface area contributed by atoms with Gasteiger partial charge in [0, 0.05) is 13.0 Å². The lowest BCUT2D eigenvalue weighted by Crippen LogP contribution is -2.25. The topological polar surface area (TPSA) is 115 Å². The van der Waals surface area contributed by atoms with Gasteiger partial charge < -0.3 is 11.1 Å². The summed E-state index contributed by atoms with van der Waals surface area (Å²) >= 11 is 0. The van der Waals surface area contributed by atoms with Crippen molar-refractivity contribution in [1.29, 1.82) is 0 Å². The van der Waals surface area contributed by atoms with Gasteiger partial charge in [-0.2, -0.15) is 0 Å². The van der Waals surface area contributed by atoms with Crippen LogP contribution in [0.5, 0.6) is 0 Å². The van der Waals surface area contributed by atoms with Gasteiger partial charge in [0.25, 0.3) is 11.6 Å². The number of nitrogens with zero attached hydrogens (tertiary/aromatic N) is 1. The molecule has 21 heavy (non-hydrogen) atoms. The Kier molecular flexibility index (Phi) is 5.70. The van der Waals surface area contributed by atoms with Gasteiger partial charge in [0.1, 0.15) is 5.56 Å². The number of nitrogens with one attached hydrogen (secondary N) is 1. The molecule has 0 atom stereocenters. The van der Waals surface area contributed by atoms with Crippen LogP contribution in [0.4, 0.5) is 14.5 Å². The molecule has 3 N–H and O–H groups in total. The van der Waals surface area contributed by atoms with E-state index in [1.165, 1.54) is 0 Å². The maximum absolute atomic E-state index is 13.1. The summed E-state index contributed by atoms with van der Waals surface area (Å²) in [5.74, 6) is -4.11. The number of primary amides is 1. The number of hydrogen-bond donors (Lipinski definition) is 2. The van der Waals surface area contributed by atoms with Crippen LogP contribution in [0.15, 0.2) is 12.1 Å². The highest BCUT2D eigenvalue weighted by Crippen LogP contribution is 2.22. The van der Waals surface area contributed by atoms with E-state index in [1.54, 1.807) is 0 Å². The van der Waals surface area contributed by atoms with Crippen LogP contribution in [0.25, 0.3) is 0 Å². The molecule has 2 amide bonds. The lowest BCUT2D eigenvalue weighted by atomic mass is 10.1. The van der Waals surface area contributed by atoms with Gasteiger partial charge in [-0.25, -0.2) is 8.78 Å². The minimum atomic E-state index is -1.40. The molecule has 0 spiro atoms. The van der Waals surface area contributed by atoms with E-state index in [2.05, 4.69) is 5.32 Å². The molecule has 0 aliphatic rings. The van der Waals surface area contributed by atoms with Crippen molar-refractivity contribution < 1.29 is 23.3 Å². The number of carbonyl (C=O) groups is 2. The summed E-state index contributed by atoms with van der Waals surface area (Å²) in [5.41, 5.74) is 3.55. The summed E-state index contributed by atoms with van der Waals surface area (Å²) in [5, 5.41) is 13.1. The lowest BCUT2D eigenvalue weighted by Gasteiger charge is -2.06. The van der Waals surface area contributed by atoms with Crippen molar-refractivity contribution in [2.24, 2.45) is 5.73 Å². The lowest BCUT2D eigenvalue weighted by molar-refractivity contribution is -0.385. The molecule has 0 saturated carbocycles. The Morgan fingerprint density at radius 3 is 2.43 bits per heavy atom. The highest BCUT2D eigenvalue weighted by Gasteiger charge is 2.23. The van der Waals surface area contributed by atoms with E-state index >= 15 is 0 Å². The SMILES string of the molecule is NC(=O)CCCCNC(=O)c1cc(F)c(F)cc1[N+](=O)[O-]. The number of carbonyl (C=O) groups excluding carboxylic acids is 2. The van der Waals surface area contributed by atoms with Crippen molar-refractivity contribution in [2.75, 3.05) is 6.54 Å². The Bertz CT molecular complexity index is 578. The molecule has 1 aromatic rings. The zero-order valence-electron chi connectivity index (χ0n) is 10.9. The van der Waals surface area contributed by atoms with Crippen molar-refractivity contribution in [2.45, 2.75) is 19.3 Å². The average Bonchev–Trinajstić information content (AvgIpc) is 2.40. The summed E-state index contributed by atoms with van der Waals surface area (Å²) in [4.78, 5) is 32.0. The van der Waals surface area contributed by atoms with E-state index < -0.39 is 39.6 Å². The molecule has 0 aliphatic carbocycles. The Labute approximate surface area is 118 Å². The van der Waals surface area contributed by atoms with E-state index in [-0.39, 0.29) is 13.0 Å². The Morgan fingerprint density at radius 1 is 1.24 bits per heavy atom. The second-order valence-corrected chi connectivity index (χ2v) is 4.22. The van der Waals surface area contributed by atoms with Crippen LogP contribution in [-0.4, -0.2) is 23.3 Å². The molecule has 7 nitrogen and oxygen atoms in total. The molecule has 9 heteroatoms. The number of unbranched alkanes of at least 4 members (excludes halogenated alkanes) is 1. The highest BCUT2D eigenvalue weighted by atomic mass is 19.2. The molecule has 0 saturated heterocycles. The first-order chi connectivity index (χ1) is 9.82. The molecular formula is C12H13F2N3O4. The Balaban J connectivity index is 2.71. The van der Waals surface area contributed by atoms with Gasteiger partial charge >= 0.3 is 0 Å². The molecule has 0 unspecified atom stereocenters. The van der Waals surface area contributed by atoms with E-state index in [4.69, 9.17) is 5.73 Å². The molecule has 1 rings (SSSR count). The van der Waals surface area contributed by atoms with Crippen molar-refractivity contribution >= 4 is 17.5 Å². The molecule has 0 fully saturated rings. The highest BCUT2D eigenvalue weighted by molar-refractivity contribution is 5.98. The van der Waals surface area contributed by atoms with Crippen molar-refractivity contribution in [3.63, 3.8) is 0 Å². The van der Waals surface area contributed by atoms with Gasteiger partial charge in [0.15, 0.2) is 11.6 Å². The van der Waals surface area contributed by atoms with Crippen molar-refractivity contribution in [3.8, 4) is 0 Å². The second kappa shape index (κ2) is 7.27. The number of rotatable bonds is 7.